The van der Waals surface area contributed by atoms with Crippen LogP contribution in [-0.4, -0.2) is 13.2 Å². The average Bonchev–Trinajstić information content (AvgIpc) is 3.48. The standard InChI is InChI=1S/C20H18O4S4/c1(7-21-15-11-19(27-13-15)23-17-5-3-9-25-17)2-8-22-16-12-20(28-14-16)24-18-6-4-10-26-18/h3-6,9-14H,1-2,7-8H2. The van der Waals surface area contributed by atoms with Crippen molar-refractivity contribution < 1.29 is 18.9 Å². The van der Waals surface area contributed by atoms with Gasteiger partial charge < -0.3 is 18.9 Å². The van der Waals surface area contributed by atoms with Gasteiger partial charge in [-0.25, -0.2) is 0 Å². The van der Waals surface area contributed by atoms with Crippen LogP contribution in [0.1, 0.15) is 12.8 Å². The SMILES string of the molecule is c1csc(Oc2cc(OCCCCOc3csc(Oc4cccs4)c3)cs2)c1. The average molecular weight is 451 g/mol. The Balaban J connectivity index is 1.10. The summed E-state index contributed by atoms with van der Waals surface area (Å²) in [5.74, 6) is 1.70. The maximum atomic E-state index is 5.78. The topological polar surface area (TPSA) is 36.9 Å². The van der Waals surface area contributed by atoms with Crippen LogP contribution in [0.5, 0.6) is 31.8 Å². The van der Waals surface area contributed by atoms with Gasteiger partial charge in [-0.05, 0) is 47.9 Å². The molecule has 0 saturated carbocycles. The van der Waals surface area contributed by atoms with Gasteiger partial charge in [-0.1, -0.05) is 0 Å². The number of rotatable bonds is 11. The van der Waals surface area contributed by atoms with Gasteiger partial charge >= 0.3 is 0 Å². The molecule has 4 rings (SSSR count). The van der Waals surface area contributed by atoms with Crippen LogP contribution in [-0.2, 0) is 0 Å². The van der Waals surface area contributed by atoms with Gasteiger partial charge in [0.15, 0.2) is 20.3 Å². The van der Waals surface area contributed by atoms with E-state index in [4.69, 9.17) is 18.9 Å². The summed E-state index contributed by atoms with van der Waals surface area (Å²) in [6, 6.07) is 11.7. The zero-order valence-electron chi connectivity index (χ0n) is 14.9. The van der Waals surface area contributed by atoms with E-state index in [2.05, 4.69) is 0 Å². The Morgan fingerprint density at radius 2 is 1.11 bits per heavy atom. The molecule has 0 spiro atoms. The maximum Gasteiger partial charge on any atom is 0.185 e. The largest absolute Gasteiger partial charge is 0.493 e. The number of hydrogen-bond donors (Lipinski definition) is 0. The smallest absolute Gasteiger partial charge is 0.185 e. The van der Waals surface area contributed by atoms with E-state index in [-0.39, 0.29) is 0 Å². The first-order chi connectivity index (χ1) is 13.8. The maximum absolute atomic E-state index is 5.78. The molecule has 4 nitrogen and oxygen atoms in total. The summed E-state index contributed by atoms with van der Waals surface area (Å²) in [7, 11) is 0. The van der Waals surface area contributed by atoms with Gasteiger partial charge in [0.1, 0.15) is 11.5 Å². The Morgan fingerprint density at radius 1 is 0.607 bits per heavy atom. The minimum Gasteiger partial charge on any atom is -0.493 e. The minimum atomic E-state index is 0.662. The number of hydrogen-bond acceptors (Lipinski definition) is 8. The number of thiophene rings is 4. The molecule has 0 atom stereocenters. The third-order valence-electron chi connectivity index (χ3n) is 3.57. The summed E-state index contributed by atoms with van der Waals surface area (Å²) in [5, 5.41) is 11.4. The number of ether oxygens (including phenoxy) is 4. The van der Waals surface area contributed by atoms with E-state index in [1.807, 2.05) is 57.9 Å². The molecular formula is C20H18O4S4. The highest BCUT2D eigenvalue weighted by molar-refractivity contribution is 7.13. The molecule has 4 aromatic heterocycles. The lowest BCUT2D eigenvalue weighted by molar-refractivity contribution is 0.267. The summed E-state index contributed by atoms with van der Waals surface area (Å²) in [6.45, 7) is 1.32. The molecule has 28 heavy (non-hydrogen) atoms. The Hall–Kier alpha value is -2.00. The minimum absolute atomic E-state index is 0.662. The van der Waals surface area contributed by atoms with Crippen LogP contribution in [0.4, 0.5) is 0 Å². The molecule has 0 aromatic carbocycles. The Kier molecular flexibility index (Phi) is 6.88. The number of unbranched alkanes of at least 4 members (excludes halogenated alkanes) is 1. The summed E-state index contributed by atoms with van der Waals surface area (Å²) in [5.41, 5.74) is 0. The zero-order valence-corrected chi connectivity index (χ0v) is 18.1. The first-order valence-corrected chi connectivity index (χ1v) is 12.2. The van der Waals surface area contributed by atoms with Gasteiger partial charge in [-0.3, -0.25) is 0 Å². The second kappa shape index (κ2) is 9.97. The summed E-state index contributed by atoms with van der Waals surface area (Å²) >= 11 is 6.24. The fourth-order valence-corrected chi connectivity index (χ4v) is 4.94. The van der Waals surface area contributed by atoms with E-state index in [9.17, 15) is 0 Å². The fourth-order valence-electron chi connectivity index (χ4n) is 2.28. The van der Waals surface area contributed by atoms with Crippen LogP contribution >= 0.6 is 45.3 Å². The molecule has 0 amide bonds. The van der Waals surface area contributed by atoms with Gasteiger partial charge in [0, 0.05) is 22.9 Å². The lowest BCUT2D eigenvalue weighted by Gasteiger charge is -2.05. The highest BCUT2D eigenvalue weighted by atomic mass is 32.1. The van der Waals surface area contributed by atoms with Gasteiger partial charge in [0.25, 0.3) is 0 Å². The molecule has 8 heteroatoms. The molecule has 4 aromatic rings. The monoisotopic (exact) mass is 450 g/mol. The van der Waals surface area contributed by atoms with Crippen molar-refractivity contribution in [2.75, 3.05) is 13.2 Å². The highest BCUT2D eigenvalue weighted by Crippen LogP contribution is 2.35. The Labute approximate surface area is 179 Å². The van der Waals surface area contributed by atoms with E-state index in [1.54, 1.807) is 45.3 Å². The normalized spacial score (nSPS) is 10.7. The Morgan fingerprint density at radius 3 is 1.54 bits per heavy atom. The van der Waals surface area contributed by atoms with Crippen LogP contribution in [0, 0.1) is 0 Å². The molecule has 0 unspecified atom stereocenters. The van der Waals surface area contributed by atoms with Crippen molar-refractivity contribution in [3.8, 4) is 31.8 Å². The molecule has 0 radical (unpaired) electrons. The van der Waals surface area contributed by atoms with E-state index < -0.39 is 0 Å². The van der Waals surface area contributed by atoms with Crippen LogP contribution < -0.4 is 18.9 Å². The van der Waals surface area contributed by atoms with Gasteiger partial charge in [0.2, 0.25) is 0 Å². The van der Waals surface area contributed by atoms with Crippen LogP contribution in [0.2, 0.25) is 0 Å². The van der Waals surface area contributed by atoms with E-state index in [0.29, 0.717) is 13.2 Å². The van der Waals surface area contributed by atoms with Crippen molar-refractivity contribution in [2.45, 2.75) is 12.8 Å². The van der Waals surface area contributed by atoms with Crippen molar-refractivity contribution in [2.24, 2.45) is 0 Å². The third-order valence-corrected chi connectivity index (χ3v) is 6.63. The second-order valence-electron chi connectivity index (χ2n) is 5.68. The molecule has 0 aliphatic rings. The highest BCUT2D eigenvalue weighted by Gasteiger charge is 2.05. The van der Waals surface area contributed by atoms with Crippen LogP contribution in [0.3, 0.4) is 0 Å². The summed E-state index contributed by atoms with van der Waals surface area (Å²) in [4.78, 5) is 0. The molecule has 0 saturated heterocycles. The lowest BCUT2D eigenvalue weighted by atomic mass is 10.3. The molecular weight excluding hydrogens is 432 g/mol. The molecule has 0 N–H and O–H groups in total. The molecule has 4 heterocycles. The third kappa shape index (κ3) is 5.75. The van der Waals surface area contributed by atoms with Gasteiger partial charge in [-0.2, -0.15) is 0 Å². The predicted molar refractivity (Wildman–Crippen MR) is 118 cm³/mol. The molecule has 0 fully saturated rings. The zero-order chi connectivity index (χ0) is 19.0. The first-order valence-electron chi connectivity index (χ1n) is 8.70. The van der Waals surface area contributed by atoms with Crippen molar-refractivity contribution >= 4 is 45.3 Å². The predicted octanol–water partition coefficient (Wildman–Crippen LogP) is 7.76. The van der Waals surface area contributed by atoms with Crippen LogP contribution in [0.25, 0.3) is 0 Å². The van der Waals surface area contributed by atoms with Crippen molar-refractivity contribution in [1.29, 1.82) is 0 Å². The van der Waals surface area contributed by atoms with Crippen molar-refractivity contribution in [1.82, 2.24) is 0 Å². The molecule has 0 aliphatic heterocycles. The van der Waals surface area contributed by atoms with E-state index >= 15 is 0 Å². The van der Waals surface area contributed by atoms with Gasteiger partial charge in [0.05, 0.1) is 13.2 Å². The lowest BCUT2D eigenvalue weighted by Crippen LogP contribution is -2.01. The molecule has 146 valence electrons. The summed E-state index contributed by atoms with van der Waals surface area (Å²) < 4.78 is 23.1. The second-order valence-corrected chi connectivity index (χ2v) is 9.24. The fraction of sp³-hybridized carbons (Fsp3) is 0.200. The quantitative estimate of drug-likeness (QED) is 0.219. The summed E-state index contributed by atoms with van der Waals surface area (Å²) in [6.07, 6.45) is 1.86. The van der Waals surface area contributed by atoms with Crippen LogP contribution in [0.15, 0.2) is 57.9 Å². The van der Waals surface area contributed by atoms with E-state index in [1.165, 1.54) is 0 Å². The van der Waals surface area contributed by atoms with Gasteiger partial charge in [-0.15, -0.1) is 45.3 Å². The van der Waals surface area contributed by atoms with E-state index in [0.717, 1.165) is 44.6 Å². The molecule has 0 bridgehead atoms. The van der Waals surface area contributed by atoms with Crippen molar-refractivity contribution in [3.63, 3.8) is 0 Å². The van der Waals surface area contributed by atoms with Crippen molar-refractivity contribution in [3.05, 3.63) is 57.9 Å². The Bertz CT molecular complexity index is 862. The first kappa shape index (κ1) is 19.3. The molecule has 0 aliphatic carbocycles.